The lowest BCUT2D eigenvalue weighted by Gasteiger charge is -2.17. The Bertz CT molecular complexity index is 431. The molecule has 0 fully saturated rings. The predicted octanol–water partition coefficient (Wildman–Crippen LogP) is 2.31. The molecular weight excluding hydrogens is 252 g/mol. The molecule has 0 bridgehead atoms. The van der Waals surface area contributed by atoms with Crippen molar-refractivity contribution >= 4 is 16.8 Å². The van der Waals surface area contributed by atoms with Crippen LogP contribution >= 0.6 is 0 Å². The van der Waals surface area contributed by atoms with Gasteiger partial charge in [-0.05, 0) is 45.0 Å². The summed E-state index contributed by atoms with van der Waals surface area (Å²) in [5, 5.41) is 8.73. The number of ether oxygens (including phenoxy) is 1. The first kappa shape index (κ1) is 14.7. The summed E-state index contributed by atoms with van der Waals surface area (Å²) in [4.78, 5) is 10.6. The van der Waals surface area contributed by atoms with Crippen molar-refractivity contribution in [2.75, 3.05) is 12.4 Å². The molecule has 0 saturated carbocycles. The lowest BCUT2D eigenvalue weighted by Crippen LogP contribution is -2.26. The number of hydrogen-bond donors (Lipinski definition) is 1. The summed E-state index contributed by atoms with van der Waals surface area (Å²) in [6.07, 6.45) is 0. The van der Waals surface area contributed by atoms with E-state index in [-0.39, 0.29) is 10.3 Å². The number of aromatic carboxylic acids is 1. The van der Waals surface area contributed by atoms with Crippen LogP contribution in [-0.2, 0) is 10.8 Å². The molecule has 5 heteroatoms. The van der Waals surface area contributed by atoms with Crippen molar-refractivity contribution in [2.45, 2.75) is 25.5 Å². The van der Waals surface area contributed by atoms with Crippen LogP contribution in [0.1, 0.15) is 31.1 Å². The Balaban J connectivity index is 2.45. The van der Waals surface area contributed by atoms with E-state index in [1.54, 1.807) is 12.1 Å². The number of carboxylic acid groups (broad SMARTS) is 1. The fourth-order valence-electron chi connectivity index (χ4n) is 1.24. The highest BCUT2D eigenvalue weighted by Crippen LogP contribution is 2.14. The molecule has 100 valence electrons. The summed E-state index contributed by atoms with van der Waals surface area (Å²) in [5.41, 5.74) is 0.223. The largest absolute Gasteiger partial charge is 0.493 e. The number of hydrogen-bond acceptors (Lipinski definition) is 3. The van der Waals surface area contributed by atoms with Crippen molar-refractivity contribution in [2.24, 2.45) is 0 Å². The first-order valence-electron chi connectivity index (χ1n) is 5.65. The molecule has 1 N–H and O–H groups in total. The Morgan fingerprint density at radius 1 is 1.28 bits per heavy atom. The quantitative estimate of drug-likeness (QED) is 0.891. The second kappa shape index (κ2) is 6.00. The molecule has 0 aliphatic heterocycles. The van der Waals surface area contributed by atoms with E-state index in [0.717, 1.165) is 0 Å². The Morgan fingerprint density at radius 2 is 1.83 bits per heavy atom. The van der Waals surface area contributed by atoms with Gasteiger partial charge in [-0.3, -0.25) is 4.21 Å². The zero-order chi connectivity index (χ0) is 13.8. The van der Waals surface area contributed by atoms with Crippen molar-refractivity contribution in [3.63, 3.8) is 0 Å². The van der Waals surface area contributed by atoms with Crippen LogP contribution < -0.4 is 4.74 Å². The average molecular weight is 270 g/mol. The molecule has 1 aromatic carbocycles. The number of rotatable bonds is 5. The van der Waals surface area contributed by atoms with Crippen molar-refractivity contribution in [3.05, 3.63) is 29.8 Å². The molecule has 0 saturated heterocycles. The standard InChI is InChI=1S/C13H18O4S/c1-13(2,3)18(16)9-8-17-11-6-4-10(5-7-11)12(14)15/h4-7H,8-9H2,1-3H3,(H,14,15). The molecule has 1 unspecified atom stereocenters. The minimum absolute atomic E-state index is 0.223. The minimum atomic E-state index is -0.963. The molecule has 0 radical (unpaired) electrons. The molecule has 1 aromatic rings. The summed E-state index contributed by atoms with van der Waals surface area (Å²) >= 11 is 0. The average Bonchev–Trinajstić information content (AvgIpc) is 2.28. The Morgan fingerprint density at radius 3 is 2.28 bits per heavy atom. The van der Waals surface area contributed by atoms with Crippen LogP contribution in [0.5, 0.6) is 5.75 Å². The van der Waals surface area contributed by atoms with Gasteiger partial charge in [-0.2, -0.15) is 0 Å². The summed E-state index contributed by atoms with van der Waals surface area (Å²) in [6, 6.07) is 6.17. The van der Waals surface area contributed by atoms with Gasteiger partial charge in [0.1, 0.15) is 5.75 Å². The minimum Gasteiger partial charge on any atom is -0.493 e. The van der Waals surface area contributed by atoms with Crippen LogP contribution in [-0.4, -0.2) is 32.4 Å². The highest BCUT2D eigenvalue weighted by molar-refractivity contribution is 7.86. The Labute approximate surface area is 109 Å². The molecule has 0 spiro atoms. The van der Waals surface area contributed by atoms with Crippen molar-refractivity contribution in [1.29, 1.82) is 0 Å². The topological polar surface area (TPSA) is 63.6 Å². The zero-order valence-electron chi connectivity index (χ0n) is 10.8. The summed E-state index contributed by atoms with van der Waals surface area (Å²) < 4.78 is 16.9. The first-order valence-corrected chi connectivity index (χ1v) is 6.97. The van der Waals surface area contributed by atoms with Gasteiger partial charge in [-0.15, -0.1) is 0 Å². The molecule has 0 aliphatic carbocycles. The maximum atomic E-state index is 11.8. The van der Waals surface area contributed by atoms with Gasteiger partial charge < -0.3 is 9.84 Å². The monoisotopic (exact) mass is 270 g/mol. The SMILES string of the molecule is CC(C)(C)S(=O)CCOc1ccc(C(=O)O)cc1. The summed E-state index contributed by atoms with van der Waals surface area (Å²) in [6.45, 7) is 6.12. The van der Waals surface area contributed by atoms with Crippen molar-refractivity contribution < 1.29 is 18.8 Å². The van der Waals surface area contributed by atoms with Crippen LogP contribution in [0.4, 0.5) is 0 Å². The maximum absolute atomic E-state index is 11.8. The predicted molar refractivity (Wildman–Crippen MR) is 71.7 cm³/mol. The molecule has 1 atom stereocenters. The van der Waals surface area contributed by atoms with Crippen LogP contribution in [0.15, 0.2) is 24.3 Å². The molecule has 0 heterocycles. The smallest absolute Gasteiger partial charge is 0.335 e. The van der Waals surface area contributed by atoms with E-state index in [9.17, 15) is 9.00 Å². The van der Waals surface area contributed by atoms with Crippen LogP contribution in [0.25, 0.3) is 0 Å². The Hall–Kier alpha value is -1.36. The maximum Gasteiger partial charge on any atom is 0.335 e. The molecule has 1 rings (SSSR count). The van der Waals surface area contributed by atoms with Crippen molar-refractivity contribution in [1.82, 2.24) is 0 Å². The van der Waals surface area contributed by atoms with E-state index < -0.39 is 16.8 Å². The normalized spacial score (nSPS) is 13.1. The highest BCUT2D eigenvalue weighted by atomic mass is 32.2. The van der Waals surface area contributed by atoms with Crippen LogP contribution in [0.3, 0.4) is 0 Å². The van der Waals surface area contributed by atoms with Crippen LogP contribution in [0.2, 0.25) is 0 Å². The van der Waals surface area contributed by atoms with Gasteiger partial charge >= 0.3 is 5.97 Å². The Kier molecular flexibility index (Phi) is 4.90. The van der Waals surface area contributed by atoms with E-state index in [2.05, 4.69) is 0 Å². The van der Waals surface area contributed by atoms with E-state index in [4.69, 9.17) is 9.84 Å². The van der Waals surface area contributed by atoms with Crippen molar-refractivity contribution in [3.8, 4) is 5.75 Å². The molecular formula is C13H18O4S. The number of carboxylic acids is 1. The van der Waals surface area contributed by atoms with E-state index in [0.29, 0.717) is 18.1 Å². The fourth-order valence-corrected chi connectivity index (χ4v) is 2.08. The van der Waals surface area contributed by atoms with Gasteiger partial charge in [0.05, 0.1) is 17.9 Å². The van der Waals surface area contributed by atoms with E-state index >= 15 is 0 Å². The van der Waals surface area contributed by atoms with E-state index in [1.165, 1.54) is 12.1 Å². The number of benzene rings is 1. The van der Waals surface area contributed by atoms with Gasteiger partial charge in [-0.1, -0.05) is 0 Å². The number of carbonyl (C=O) groups is 1. The van der Waals surface area contributed by atoms with Gasteiger partial charge in [0, 0.05) is 15.5 Å². The second-order valence-electron chi connectivity index (χ2n) is 4.84. The van der Waals surface area contributed by atoms with Gasteiger partial charge in [0.2, 0.25) is 0 Å². The lowest BCUT2D eigenvalue weighted by atomic mass is 10.2. The van der Waals surface area contributed by atoms with Gasteiger partial charge in [0.15, 0.2) is 0 Å². The third-order valence-electron chi connectivity index (χ3n) is 2.32. The first-order chi connectivity index (χ1) is 8.30. The molecule has 0 aliphatic rings. The molecule has 18 heavy (non-hydrogen) atoms. The van der Waals surface area contributed by atoms with Crippen LogP contribution in [0, 0.1) is 0 Å². The summed E-state index contributed by atoms with van der Waals surface area (Å²) in [5.74, 6) is 0.0887. The fraction of sp³-hybridized carbons (Fsp3) is 0.462. The summed E-state index contributed by atoms with van der Waals surface area (Å²) in [7, 11) is -0.942. The van der Waals surface area contributed by atoms with E-state index in [1.807, 2.05) is 20.8 Å². The third-order valence-corrected chi connectivity index (χ3v) is 4.23. The molecule has 0 amide bonds. The molecule has 4 nitrogen and oxygen atoms in total. The second-order valence-corrected chi connectivity index (χ2v) is 7.16. The highest BCUT2D eigenvalue weighted by Gasteiger charge is 2.18. The van der Waals surface area contributed by atoms with Gasteiger partial charge in [0.25, 0.3) is 0 Å². The zero-order valence-corrected chi connectivity index (χ0v) is 11.6. The third kappa shape index (κ3) is 4.49. The van der Waals surface area contributed by atoms with Gasteiger partial charge in [-0.25, -0.2) is 4.79 Å². The molecule has 0 aromatic heterocycles. The lowest BCUT2D eigenvalue weighted by molar-refractivity contribution is 0.0697.